The molecule has 0 aliphatic heterocycles. The normalized spacial score (nSPS) is 9.92. The SMILES string of the molecule is CN(C)C(=O)c1cc(O)n(C)n1. The number of aromatic nitrogens is 2. The number of hydrogen-bond donors (Lipinski definition) is 1. The van der Waals surface area contributed by atoms with Crippen molar-refractivity contribution in [3.63, 3.8) is 0 Å². The Balaban J connectivity index is 2.97. The zero-order valence-electron chi connectivity index (χ0n) is 7.27. The van der Waals surface area contributed by atoms with Gasteiger partial charge < -0.3 is 10.0 Å². The first-order chi connectivity index (χ1) is 5.52. The largest absolute Gasteiger partial charge is 0.493 e. The molecular formula is C7H11N3O2. The molecule has 1 aromatic rings. The van der Waals surface area contributed by atoms with Crippen molar-refractivity contribution in [3.8, 4) is 5.88 Å². The van der Waals surface area contributed by atoms with Gasteiger partial charge in [-0.3, -0.25) is 4.79 Å². The van der Waals surface area contributed by atoms with Crippen LogP contribution in [0.4, 0.5) is 0 Å². The first-order valence-corrected chi connectivity index (χ1v) is 3.47. The first-order valence-electron chi connectivity index (χ1n) is 3.47. The van der Waals surface area contributed by atoms with Crippen molar-refractivity contribution in [2.24, 2.45) is 7.05 Å². The molecule has 0 aromatic carbocycles. The lowest BCUT2D eigenvalue weighted by Gasteiger charge is -2.06. The number of aryl methyl sites for hydroxylation is 1. The maximum Gasteiger partial charge on any atom is 0.273 e. The Morgan fingerprint density at radius 3 is 2.58 bits per heavy atom. The van der Waals surface area contributed by atoms with Crippen LogP contribution in [0.1, 0.15) is 10.5 Å². The highest BCUT2D eigenvalue weighted by molar-refractivity contribution is 5.92. The van der Waals surface area contributed by atoms with Crippen molar-refractivity contribution in [1.82, 2.24) is 14.7 Å². The predicted octanol–water partition coefficient (Wildman–Crippen LogP) is -0.173. The van der Waals surface area contributed by atoms with Gasteiger partial charge in [-0.15, -0.1) is 0 Å². The van der Waals surface area contributed by atoms with Crippen molar-refractivity contribution in [3.05, 3.63) is 11.8 Å². The van der Waals surface area contributed by atoms with Gasteiger partial charge in [0, 0.05) is 27.2 Å². The van der Waals surface area contributed by atoms with Crippen LogP contribution in [0.5, 0.6) is 5.88 Å². The number of aromatic hydroxyl groups is 1. The van der Waals surface area contributed by atoms with Crippen molar-refractivity contribution in [2.75, 3.05) is 14.1 Å². The van der Waals surface area contributed by atoms with Gasteiger partial charge in [-0.05, 0) is 0 Å². The van der Waals surface area contributed by atoms with Gasteiger partial charge in [-0.2, -0.15) is 5.10 Å². The molecule has 0 spiro atoms. The maximum atomic E-state index is 11.2. The summed E-state index contributed by atoms with van der Waals surface area (Å²) in [5, 5.41) is 12.9. The molecule has 0 aliphatic rings. The van der Waals surface area contributed by atoms with E-state index in [1.165, 1.54) is 15.6 Å². The Labute approximate surface area is 70.2 Å². The molecule has 0 fully saturated rings. The topological polar surface area (TPSA) is 58.4 Å². The molecule has 1 amide bonds. The van der Waals surface area contributed by atoms with E-state index < -0.39 is 0 Å². The molecule has 5 nitrogen and oxygen atoms in total. The minimum Gasteiger partial charge on any atom is -0.493 e. The van der Waals surface area contributed by atoms with Gasteiger partial charge in [0.2, 0.25) is 5.88 Å². The van der Waals surface area contributed by atoms with Crippen LogP contribution in [0, 0.1) is 0 Å². The summed E-state index contributed by atoms with van der Waals surface area (Å²) in [6.45, 7) is 0. The third-order valence-electron chi connectivity index (χ3n) is 1.48. The fraction of sp³-hybridized carbons (Fsp3) is 0.429. The molecule has 0 unspecified atom stereocenters. The molecule has 5 heteroatoms. The van der Waals surface area contributed by atoms with E-state index in [1.54, 1.807) is 21.1 Å². The van der Waals surface area contributed by atoms with Crippen LogP contribution >= 0.6 is 0 Å². The number of amides is 1. The van der Waals surface area contributed by atoms with Crippen LogP contribution in [0.3, 0.4) is 0 Å². The second kappa shape index (κ2) is 2.84. The summed E-state index contributed by atoms with van der Waals surface area (Å²) in [5.74, 6) is -0.230. The third-order valence-corrected chi connectivity index (χ3v) is 1.48. The van der Waals surface area contributed by atoms with E-state index in [2.05, 4.69) is 5.10 Å². The Morgan fingerprint density at radius 1 is 1.67 bits per heavy atom. The van der Waals surface area contributed by atoms with Crippen molar-refractivity contribution in [1.29, 1.82) is 0 Å². The van der Waals surface area contributed by atoms with Crippen LogP contribution < -0.4 is 0 Å². The first kappa shape index (κ1) is 8.58. The van der Waals surface area contributed by atoms with Gasteiger partial charge in [0.05, 0.1) is 0 Å². The van der Waals surface area contributed by atoms with E-state index in [-0.39, 0.29) is 17.5 Å². The Bertz CT molecular complexity index is 284. The van der Waals surface area contributed by atoms with Crippen LogP contribution in [0.2, 0.25) is 0 Å². The zero-order chi connectivity index (χ0) is 9.30. The smallest absolute Gasteiger partial charge is 0.273 e. The molecule has 66 valence electrons. The molecule has 0 saturated carbocycles. The summed E-state index contributed by atoms with van der Waals surface area (Å²) in [7, 11) is 4.84. The van der Waals surface area contributed by atoms with Crippen LogP contribution in [0.25, 0.3) is 0 Å². The van der Waals surface area contributed by atoms with E-state index >= 15 is 0 Å². The zero-order valence-corrected chi connectivity index (χ0v) is 7.27. The summed E-state index contributed by atoms with van der Waals surface area (Å²) in [4.78, 5) is 12.7. The Hall–Kier alpha value is -1.52. The highest BCUT2D eigenvalue weighted by Crippen LogP contribution is 2.09. The number of carbonyl (C=O) groups is 1. The minimum absolute atomic E-state index is 0.0137. The molecular weight excluding hydrogens is 158 g/mol. The summed E-state index contributed by atoms with van der Waals surface area (Å²) in [6.07, 6.45) is 0. The van der Waals surface area contributed by atoms with E-state index in [9.17, 15) is 4.79 Å². The van der Waals surface area contributed by atoms with Crippen LogP contribution in [-0.2, 0) is 7.05 Å². The summed E-state index contributed by atoms with van der Waals surface area (Å²) in [6, 6.07) is 1.34. The summed E-state index contributed by atoms with van der Waals surface area (Å²) < 4.78 is 1.25. The Kier molecular flexibility index (Phi) is 2.03. The highest BCUT2D eigenvalue weighted by atomic mass is 16.3. The molecule has 1 aromatic heterocycles. The lowest BCUT2D eigenvalue weighted by atomic mass is 10.4. The highest BCUT2D eigenvalue weighted by Gasteiger charge is 2.13. The molecule has 0 aliphatic carbocycles. The van der Waals surface area contributed by atoms with Gasteiger partial charge in [0.1, 0.15) is 0 Å². The lowest BCUT2D eigenvalue weighted by Crippen LogP contribution is -2.22. The fourth-order valence-corrected chi connectivity index (χ4v) is 0.791. The van der Waals surface area contributed by atoms with Crippen molar-refractivity contribution >= 4 is 5.91 Å². The Morgan fingerprint density at radius 2 is 2.25 bits per heavy atom. The summed E-state index contributed by atoms with van der Waals surface area (Å²) >= 11 is 0. The standard InChI is InChI=1S/C7H11N3O2/c1-9(2)7(12)5-4-6(11)10(3)8-5/h4,11H,1-3H3. The lowest BCUT2D eigenvalue weighted by molar-refractivity contribution is 0.0821. The van der Waals surface area contributed by atoms with E-state index in [0.29, 0.717) is 0 Å². The second-order valence-corrected chi connectivity index (χ2v) is 2.71. The molecule has 1 N–H and O–H groups in total. The van der Waals surface area contributed by atoms with Gasteiger partial charge >= 0.3 is 0 Å². The number of nitrogens with zero attached hydrogens (tertiary/aromatic N) is 3. The average molecular weight is 169 g/mol. The molecule has 0 bridgehead atoms. The van der Waals surface area contributed by atoms with Gasteiger partial charge in [0.15, 0.2) is 5.69 Å². The predicted molar refractivity (Wildman–Crippen MR) is 42.9 cm³/mol. The van der Waals surface area contributed by atoms with Gasteiger partial charge in [0.25, 0.3) is 5.91 Å². The third kappa shape index (κ3) is 1.39. The molecule has 1 heterocycles. The average Bonchev–Trinajstić information content (AvgIpc) is 2.30. The number of rotatable bonds is 1. The quantitative estimate of drug-likeness (QED) is 0.634. The van der Waals surface area contributed by atoms with E-state index in [4.69, 9.17) is 5.11 Å². The summed E-state index contributed by atoms with van der Waals surface area (Å²) in [5.41, 5.74) is 0.250. The van der Waals surface area contributed by atoms with Crippen molar-refractivity contribution in [2.45, 2.75) is 0 Å². The molecule has 0 atom stereocenters. The van der Waals surface area contributed by atoms with Crippen molar-refractivity contribution < 1.29 is 9.90 Å². The van der Waals surface area contributed by atoms with E-state index in [0.717, 1.165) is 0 Å². The number of carbonyl (C=O) groups excluding carboxylic acids is 1. The van der Waals surface area contributed by atoms with Gasteiger partial charge in [-0.1, -0.05) is 0 Å². The van der Waals surface area contributed by atoms with Gasteiger partial charge in [-0.25, -0.2) is 4.68 Å². The minimum atomic E-state index is -0.217. The monoisotopic (exact) mass is 169 g/mol. The second-order valence-electron chi connectivity index (χ2n) is 2.71. The molecule has 1 rings (SSSR count). The fourth-order valence-electron chi connectivity index (χ4n) is 0.791. The maximum absolute atomic E-state index is 11.2. The molecule has 0 saturated heterocycles. The number of hydrogen-bond acceptors (Lipinski definition) is 3. The van der Waals surface area contributed by atoms with E-state index in [1.807, 2.05) is 0 Å². The molecule has 0 radical (unpaired) electrons. The van der Waals surface area contributed by atoms with Crippen LogP contribution in [0.15, 0.2) is 6.07 Å². The molecule has 12 heavy (non-hydrogen) atoms. The van der Waals surface area contributed by atoms with Crippen LogP contribution in [-0.4, -0.2) is 39.8 Å².